The van der Waals surface area contributed by atoms with E-state index in [1.54, 1.807) is 0 Å². The summed E-state index contributed by atoms with van der Waals surface area (Å²) in [6, 6.07) is 0. The first-order valence-electron chi connectivity index (χ1n) is 3.60. The van der Waals surface area contributed by atoms with Gasteiger partial charge in [-0.3, -0.25) is 4.79 Å². The summed E-state index contributed by atoms with van der Waals surface area (Å²) in [5.74, 6) is -0.481. The highest BCUT2D eigenvalue weighted by Gasteiger charge is 2.26. The van der Waals surface area contributed by atoms with Crippen molar-refractivity contribution in [1.82, 2.24) is 0 Å². The van der Waals surface area contributed by atoms with Gasteiger partial charge in [0.05, 0.1) is 0 Å². The smallest absolute Gasteiger partial charge is 0.330 e. The number of carbonyl (C=O) groups excluding carboxylic acids is 2. The van der Waals surface area contributed by atoms with Gasteiger partial charge in [0.15, 0.2) is 11.9 Å². The van der Waals surface area contributed by atoms with E-state index in [9.17, 15) is 9.59 Å². The summed E-state index contributed by atoms with van der Waals surface area (Å²) in [5.41, 5.74) is 0. The second-order valence-electron chi connectivity index (χ2n) is 2.49. The van der Waals surface area contributed by atoms with E-state index in [-0.39, 0.29) is 5.78 Å². The molecule has 0 amide bonds. The van der Waals surface area contributed by atoms with Crippen LogP contribution >= 0.6 is 0 Å². The van der Waals surface area contributed by atoms with Gasteiger partial charge >= 0.3 is 5.97 Å². The predicted molar refractivity (Wildman–Crippen MR) is 38.9 cm³/mol. The number of ketones is 1. The summed E-state index contributed by atoms with van der Waals surface area (Å²) in [6.07, 6.45) is 2.60. The Bertz CT molecular complexity index is 196. The first kappa shape index (κ1) is 7.98. The van der Waals surface area contributed by atoms with Gasteiger partial charge in [-0.1, -0.05) is 6.58 Å². The first-order valence-corrected chi connectivity index (χ1v) is 3.60. The molecule has 0 saturated heterocycles. The molecule has 0 aromatic rings. The molecule has 0 aromatic heterocycles. The van der Waals surface area contributed by atoms with Crippen LogP contribution in [0.15, 0.2) is 12.7 Å². The molecule has 1 unspecified atom stereocenters. The van der Waals surface area contributed by atoms with E-state index in [4.69, 9.17) is 4.74 Å². The van der Waals surface area contributed by atoms with Crippen molar-refractivity contribution in [2.75, 3.05) is 0 Å². The maximum Gasteiger partial charge on any atom is 0.330 e. The minimum absolute atomic E-state index is 0.0280. The Morgan fingerprint density at radius 2 is 2.45 bits per heavy atom. The summed E-state index contributed by atoms with van der Waals surface area (Å²) in [4.78, 5) is 21.5. The van der Waals surface area contributed by atoms with Crippen molar-refractivity contribution in [3.05, 3.63) is 12.7 Å². The molecule has 0 aromatic carbocycles. The third-order valence-electron chi connectivity index (χ3n) is 1.67. The van der Waals surface area contributed by atoms with Gasteiger partial charge < -0.3 is 4.74 Å². The Hall–Kier alpha value is -1.12. The lowest BCUT2D eigenvalue weighted by molar-refractivity contribution is -0.148. The third kappa shape index (κ3) is 1.90. The SMILES string of the molecule is C=CC(=O)OC1CCCC1=O. The molecule has 0 heterocycles. The Morgan fingerprint density at radius 3 is 2.91 bits per heavy atom. The van der Waals surface area contributed by atoms with Crippen molar-refractivity contribution >= 4 is 11.8 Å². The molecule has 0 N–H and O–H groups in total. The normalized spacial score (nSPS) is 23.3. The molecular weight excluding hydrogens is 144 g/mol. The van der Waals surface area contributed by atoms with Crippen molar-refractivity contribution in [1.29, 1.82) is 0 Å². The predicted octanol–water partition coefficient (Wildman–Crippen LogP) is 0.837. The van der Waals surface area contributed by atoms with E-state index >= 15 is 0 Å². The molecule has 1 aliphatic rings. The fraction of sp³-hybridized carbons (Fsp3) is 0.500. The lowest BCUT2D eigenvalue weighted by Gasteiger charge is -2.06. The van der Waals surface area contributed by atoms with Gasteiger partial charge in [-0.05, 0) is 12.8 Å². The van der Waals surface area contributed by atoms with Crippen molar-refractivity contribution in [2.24, 2.45) is 0 Å². The zero-order valence-corrected chi connectivity index (χ0v) is 6.21. The second-order valence-corrected chi connectivity index (χ2v) is 2.49. The lowest BCUT2D eigenvalue weighted by Crippen LogP contribution is -2.20. The lowest BCUT2D eigenvalue weighted by atomic mass is 10.3. The summed E-state index contributed by atoms with van der Waals surface area (Å²) in [5, 5.41) is 0. The number of Topliss-reactive ketones (excluding diaryl/α,β-unsaturated/α-hetero) is 1. The van der Waals surface area contributed by atoms with Crippen LogP contribution in [0.5, 0.6) is 0 Å². The summed E-state index contributed by atoms with van der Waals surface area (Å²) < 4.78 is 4.77. The minimum atomic E-state index is -0.509. The maximum atomic E-state index is 10.9. The fourth-order valence-corrected chi connectivity index (χ4v) is 1.10. The zero-order chi connectivity index (χ0) is 8.27. The van der Waals surface area contributed by atoms with Crippen LogP contribution in [0.1, 0.15) is 19.3 Å². The highest BCUT2D eigenvalue weighted by molar-refractivity contribution is 5.89. The molecule has 0 bridgehead atoms. The second kappa shape index (κ2) is 3.32. The summed E-state index contributed by atoms with van der Waals surface area (Å²) >= 11 is 0. The standard InChI is InChI=1S/C8H10O3/c1-2-8(10)11-7-5-3-4-6(7)9/h2,7H,1,3-5H2. The summed E-state index contributed by atoms with van der Waals surface area (Å²) in [6.45, 7) is 3.24. The number of ether oxygens (including phenoxy) is 1. The van der Waals surface area contributed by atoms with E-state index in [0.29, 0.717) is 12.8 Å². The number of hydrogen-bond donors (Lipinski definition) is 0. The van der Waals surface area contributed by atoms with Gasteiger partial charge in [0.1, 0.15) is 0 Å². The molecule has 1 atom stereocenters. The molecule has 3 heteroatoms. The van der Waals surface area contributed by atoms with Crippen molar-refractivity contribution in [2.45, 2.75) is 25.4 Å². The molecule has 1 saturated carbocycles. The van der Waals surface area contributed by atoms with Crippen molar-refractivity contribution in [3.8, 4) is 0 Å². The molecule has 60 valence electrons. The quantitative estimate of drug-likeness (QED) is 0.437. The molecular formula is C8H10O3. The van der Waals surface area contributed by atoms with Crippen LogP contribution in [-0.4, -0.2) is 17.9 Å². The third-order valence-corrected chi connectivity index (χ3v) is 1.67. The molecule has 1 fully saturated rings. The van der Waals surface area contributed by atoms with Crippen LogP contribution < -0.4 is 0 Å². The summed E-state index contributed by atoms with van der Waals surface area (Å²) in [7, 11) is 0. The van der Waals surface area contributed by atoms with E-state index in [1.165, 1.54) is 0 Å². The van der Waals surface area contributed by atoms with Gasteiger partial charge in [-0.15, -0.1) is 0 Å². The molecule has 1 rings (SSSR count). The molecule has 11 heavy (non-hydrogen) atoms. The van der Waals surface area contributed by atoms with Gasteiger partial charge in [0.2, 0.25) is 0 Å². The molecule has 0 radical (unpaired) electrons. The molecule has 0 spiro atoms. The fourth-order valence-electron chi connectivity index (χ4n) is 1.10. The Balaban J connectivity index is 2.42. The zero-order valence-electron chi connectivity index (χ0n) is 6.21. The van der Waals surface area contributed by atoms with Crippen LogP contribution in [-0.2, 0) is 14.3 Å². The van der Waals surface area contributed by atoms with Gasteiger partial charge in [0, 0.05) is 12.5 Å². The van der Waals surface area contributed by atoms with Crippen molar-refractivity contribution < 1.29 is 14.3 Å². The minimum Gasteiger partial charge on any atom is -0.451 e. The van der Waals surface area contributed by atoms with Crippen molar-refractivity contribution in [3.63, 3.8) is 0 Å². The number of hydrogen-bond acceptors (Lipinski definition) is 3. The van der Waals surface area contributed by atoms with Gasteiger partial charge in [0.25, 0.3) is 0 Å². The largest absolute Gasteiger partial charge is 0.451 e. The van der Waals surface area contributed by atoms with Crippen LogP contribution in [0.2, 0.25) is 0 Å². The van der Waals surface area contributed by atoms with Crippen LogP contribution in [0, 0.1) is 0 Å². The maximum absolute atomic E-state index is 10.9. The molecule has 3 nitrogen and oxygen atoms in total. The van der Waals surface area contributed by atoms with Crippen LogP contribution in [0.25, 0.3) is 0 Å². The number of carbonyl (C=O) groups is 2. The van der Waals surface area contributed by atoms with Crippen LogP contribution in [0.3, 0.4) is 0 Å². The number of esters is 1. The highest BCUT2D eigenvalue weighted by atomic mass is 16.5. The monoisotopic (exact) mass is 154 g/mol. The van der Waals surface area contributed by atoms with E-state index in [1.807, 2.05) is 0 Å². The Labute approximate surface area is 65.0 Å². The molecule has 0 aliphatic heterocycles. The first-order chi connectivity index (χ1) is 5.24. The average Bonchev–Trinajstić information content (AvgIpc) is 2.37. The van der Waals surface area contributed by atoms with E-state index in [2.05, 4.69) is 6.58 Å². The van der Waals surface area contributed by atoms with E-state index in [0.717, 1.165) is 12.5 Å². The number of rotatable bonds is 2. The Morgan fingerprint density at radius 1 is 1.73 bits per heavy atom. The van der Waals surface area contributed by atoms with Gasteiger partial charge in [-0.2, -0.15) is 0 Å². The topological polar surface area (TPSA) is 43.4 Å². The van der Waals surface area contributed by atoms with Crippen LogP contribution in [0.4, 0.5) is 0 Å². The average molecular weight is 154 g/mol. The molecule has 1 aliphatic carbocycles. The Kier molecular flexibility index (Phi) is 2.41. The highest BCUT2D eigenvalue weighted by Crippen LogP contribution is 2.17. The van der Waals surface area contributed by atoms with Gasteiger partial charge in [-0.25, -0.2) is 4.79 Å². The van der Waals surface area contributed by atoms with E-state index < -0.39 is 12.1 Å².